The minimum Gasteiger partial charge on any atom is -0.370 e. The lowest BCUT2D eigenvalue weighted by Gasteiger charge is -2.25. The number of hydrogen-bond acceptors (Lipinski definition) is 3. The number of rotatable bonds is 5. The molecule has 0 radical (unpaired) electrons. The van der Waals surface area contributed by atoms with Crippen LogP contribution in [-0.2, 0) is 6.54 Å². The van der Waals surface area contributed by atoms with Crippen molar-refractivity contribution in [2.24, 2.45) is 0 Å². The summed E-state index contributed by atoms with van der Waals surface area (Å²) in [5.74, 6) is -0.175. The van der Waals surface area contributed by atoms with E-state index in [1.807, 2.05) is 39.2 Å². The molecule has 0 aliphatic heterocycles. The van der Waals surface area contributed by atoms with Crippen LogP contribution in [0, 0.1) is 5.82 Å². The second-order valence-corrected chi connectivity index (χ2v) is 4.89. The Morgan fingerprint density at radius 3 is 2.60 bits per heavy atom. The Morgan fingerprint density at radius 1 is 1.25 bits per heavy atom. The zero-order valence-electron chi connectivity index (χ0n) is 12.1. The molecule has 106 valence electrons. The van der Waals surface area contributed by atoms with E-state index in [0.29, 0.717) is 5.56 Å². The van der Waals surface area contributed by atoms with E-state index in [9.17, 15) is 4.39 Å². The molecule has 0 fully saturated rings. The third-order valence-corrected chi connectivity index (χ3v) is 3.48. The average molecular weight is 273 g/mol. The van der Waals surface area contributed by atoms with Crippen LogP contribution in [0.5, 0.6) is 0 Å². The van der Waals surface area contributed by atoms with E-state index in [4.69, 9.17) is 0 Å². The lowest BCUT2D eigenvalue weighted by molar-refractivity contribution is 0.560. The van der Waals surface area contributed by atoms with Gasteiger partial charge in [-0.1, -0.05) is 6.07 Å². The van der Waals surface area contributed by atoms with Crippen LogP contribution >= 0.6 is 0 Å². The molecule has 1 aromatic carbocycles. The number of aromatic nitrogens is 1. The van der Waals surface area contributed by atoms with Crippen molar-refractivity contribution in [1.29, 1.82) is 0 Å². The molecule has 0 saturated heterocycles. The fraction of sp³-hybridized carbons (Fsp3) is 0.312. The number of nitrogens with one attached hydrogen (secondary N) is 1. The lowest BCUT2D eigenvalue weighted by atomic mass is 10.0. The van der Waals surface area contributed by atoms with E-state index >= 15 is 0 Å². The van der Waals surface area contributed by atoms with Gasteiger partial charge in [0.05, 0.1) is 0 Å². The van der Waals surface area contributed by atoms with Gasteiger partial charge in [-0.05, 0) is 43.8 Å². The third-order valence-electron chi connectivity index (χ3n) is 3.48. The highest BCUT2D eigenvalue weighted by Gasteiger charge is 2.16. The van der Waals surface area contributed by atoms with E-state index in [-0.39, 0.29) is 11.9 Å². The van der Waals surface area contributed by atoms with Crippen molar-refractivity contribution in [1.82, 2.24) is 10.3 Å². The minimum absolute atomic E-state index is 0.0360. The predicted molar refractivity (Wildman–Crippen MR) is 80.2 cm³/mol. The lowest BCUT2D eigenvalue weighted by Crippen LogP contribution is -2.22. The Balaban J connectivity index is 2.30. The maximum absolute atomic E-state index is 14.1. The largest absolute Gasteiger partial charge is 0.370 e. The number of nitrogens with zero attached hydrogens (tertiary/aromatic N) is 2. The summed E-state index contributed by atoms with van der Waals surface area (Å²) in [5, 5.41) is 3.10. The summed E-state index contributed by atoms with van der Waals surface area (Å²) < 4.78 is 14.1. The number of anilines is 1. The quantitative estimate of drug-likeness (QED) is 0.907. The fourth-order valence-electron chi connectivity index (χ4n) is 2.28. The van der Waals surface area contributed by atoms with Crippen LogP contribution in [0.4, 0.5) is 10.1 Å². The molecule has 0 aliphatic carbocycles. The summed E-state index contributed by atoms with van der Waals surface area (Å²) >= 11 is 0. The maximum Gasteiger partial charge on any atom is 0.130 e. The summed E-state index contributed by atoms with van der Waals surface area (Å²) in [6, 6.07) is 9.11. The molecule has 4 heteroatoms. The van der Waals surface area contributed by atoms with Gasteiger partial charge in [-0.25, -0.2) is 4.39 Å². The highest BCUT2D eigenvalue weighted by molar-refractivity contribution is 5.55. The van der Waals surface area contributed by atoms with Crippen LogP contribution in [0.1, 0.15) is 24.1 Å². The fourth-order valence-corrected chi connectivity index (χ4v) is 2.28. The van der Waals surface area contributed by atoms with Gasteiger partial charge in [0.25, 0.3) is 0 Å². The molecule has 0 aliphatic rings. The SMILES string of the molecule is CNC(C)c1c(F)cccc1N(C)Cc1ccncc1. The molecular formula is C16H20FN3. The van der Waals surface area contributed by atoms with E-state index in [1.165, 1.54) is 6.07 Å². The molecule has 3 nitrogen and oxygen atoms in total. The topological polar surface area (TPSA) is 28.2 Å². The van der Waals surface area contributed by atoms with E-state index < -0.39 is 0 Å². The van der Waals surface area contributed by atoms with Crippen LogP contribution in [0.3, 0.4) is 0 Å². The van der Waals surface area contributed by atoms with Gasteiger partial charge in [-0.3, -0.25) is 4.98 Å². The Morgan fingerprint density at radius 2 is 1.95 bits per heavy atom. The molecule has 0 spiro atoms. The molecule has 20 heavy (non-hydrogen) atoms. The normalized spacial score (nSPS) is 12.2. The van der Waals surface area contributed by atoms with E-state index in [0.717, 1.165) is 17.8 Å². The molecule has 2 rings (SSSR count). The second-order valence-electron chi connectivity index (χ2n) is 4.89. The van der Waals surface area contributed by atoms with Crippen molar-refractivity contribution in [3.63, 3.8) is 0 Å². The van der Waals surface area contributed by atoms with Gasteiger partial charge < -0.3 is 10.2 Å². The molecule has 1 heterocycles. The number of hydrogen-bond donors (Lipinski definition) is 1. The maximum atomic E-state index is 14.1. The standard InChI is InChI=1S/C16H20FN3/c1-12(18-2)16-14(17)5-4-6-15(16)20(3)11-13-7-9-19-10-8-13/h4-10,12,18H,11H2,1-3H3. The van der Waals surface area contributed by atoms with Crippen LogP contribution < -0.4 is 10.2 Å². The van der Waals surface area contributed by atoms with Crippen molar-refractivity contribution >= 4 is 5.69 Å². The average Bonchev–Trinajstić information content (AvgIpc) is 2.47. The molecule has 1 aromatic heterocycles. The van der Waals surface area contributed by atoms with Crippen molar-refractivity contribution in [2.75, 3.05) is 19.0 Å². The van der Waals surface area contributed by atoms with Crippen molar-refractivity contribution in [2.45, 2.75) is 19.5 Å². The molecule has 2 aromatic rings. The Bertz CT molecular complexity index is 557. The Hall–Kier alpha value is -1.94. The van der Waals surface area contributed by atoms with E-state index in [2.05, 4.69) is 15.2 Å². The first kappa shape index (κ1) is 14.5. The molecule has 1 unspecified atom stereocenters. The first-order valence-corrected chi connectivity index (χ1v) is 6.69. The predicted octanol–water partition coefficient (Wildman–Crippen LogP) is 3.14. The van der Waals surface area contributed by atoms with Gasteiger partial charge in [0.1, 0.15) is 5.82 Å². The van der Waals surface area contributed by atoms with Crippen molar-refractivity contribution in [3.8, 4) is 0 Å². The first-order valence-electron chi connectivity index (χ1n) is 6.69. The van der Waals surface area contributed by atoms with Crippen LogP contribution in [0.15, 0.2) is 42.7 Å². The molecule has 1 N–H and O–H groups in total. The number of halogens is 1. The van der Waals surface area contributed by atoms with Crippen molar-refractivity contribution < 1.29 is 4.39 Å². The monoisotopic (exact) mass is 273 g/mol. The zero-order valence-corrected chi connectivity index (χ0v) is 12.1. The number of pyridine rings is 1. The highest BCUT2D eigenvalue weighted by Crippen LogP contribution is 2.29. The van der Waals surface area contributed by atoms with Crippen LogP contribution in [0.2, 0.25) is 0 Å². The second kappa shape index (κ2) is 6.48. The summed E-state index contributed by atoms with van der Waals surface area (Å²) in [4.78, 5) is 6.07. The summed E-state index contributed by atoms with van der Waals surface area (Å²) in [5.41, 5.74) is 2.75. The number of benzene rings is 1. The molecule has 0 bridgehead atoms. The van der Waals surface area contributed by atoms with Gasteiger partial charge in [-0.15, -0.1) is 0 Å². The third kappa shape index (κ3) is 3.14. The van der Waals surface area contributed by atoms with Gasteiger partial charge in [0.15, 0.2) is 0 Å². The Kier molecular flexibility index (Phi) is 4.69. The van der Waals surface area contributed by atoms with Gasteiger partial charge >= 0.3 is 0 Å². The van der Waals surface area contributed by atoms with Crippen LogP contribution in [-0.4, -0.2) is 19.1 Å². The van der Waals surface area contributed by atoms with Gasteiger partial charge in [0.2, 0.25) is 0 Å². The van der Waals surface area contributed by atoms with Gasteiger partial charge in [0, 0.05) is 43.3 Å². The van der Waals surface area contributed by atoms with Crippen molar-refractivity contribution in [3.05, 3.63) is 59.7 Å². The molecule has 0 saturated carbocycles. The summed E-state index contributed by atoms with van der Waals surface area (Å²) in [6.07, 6.45) is 3.54. The highest BCUT2D eigenvalue weighted by atomic mass is 19.1. The zero-order chi connectivity index (χ0) is 14.5. The molecule has 1 atom stereocenters. The molecular weight excluding hydrogens is 253 g/mol. The summed E-state index contributed by atoms with van der Waals surface area (Å²) in [6.45, 7) is 2.68. The smallest absolute Gasteiger partial charge is 0.130 e. The minimum atomic E-state index is -0.175. The molecule has 0 amide bonds. The van der Waals surface area contributed by atoms with Gasteiger partial charge in [-0.2, -0.15) is 0 Å². The Labute approximate surface area is 119 Å². The first-order chi connectivity index (χ1) is 9.63. The summed E-state index contributed by atoms with van der Waals surface area (Å²) in [7, 11) is 3.81. The van der Waals surface area contributed by atoms with Crippen LogP contribution in [0.25, 0.3) is 0 Å². The van der Waals surface area contributed by atoms with E-state index in [1.54, 1.807) is 18.5 Å².